The first-order valence-electron chi connectivity index (χ1n) is 2.79. The van der Waals surface area contributed by atoms with E-state index >= 15 is 0 Å². The molecule has 0 amide bonds. The van der Waals surface area contributed by atoms with Crippen LogP contribution in [0.1, 0.15) is 0 Å². The number of hydrogen-bond donors (Lipinski definition) is 2. The van der Waals surface area contributed by atoms with E-state index in [1.165, 1.54) is 6.07 Å². The van der Waals surface area contributed by atoms with Crippen molar-refractivity contribution in [3.63, 3.8) is 0 Å². The quantitative estimate of drug-likeness (QED) is 0.449. The summed E-state index contributed by atoms with van der Waals surface area (Å²) in [5.74, 6) is -0.965. The summed E-state index contributed by atoms with van der Waals surface area (Å²) in [5, 5.41) is 17.1. The summed E-state index contributed by atoms with van der Waals surface area (Å²) in [6.45, 7) is 0. The molecular formula is C5H4BClFNO2. The third-order valence-corrected chi connectivity index (χ3v) is 1.48. The molecule has 0 atom stereocenters. The fraction of sp³-hybridized carbons (Fsp3) is 0. The van der Waals surface area contributed by atoms with Gasteiger partial charge in [-0.2, -0.15) is 4.39 Å². The highest BCUT2D eigenvalue weighted by molar-refractivity contribution is 6.62. The lowest BCUT2D eigenvalue weighted by Gasteiger charge is -2.01. The second kappa shape index (κ2) is 3.17. The first-order valence-corrected chi connectivity index (χ1v) is 3.16. The van der Waals surface area contributed by atoms with Crippen LogP contribution in [0.4, 0.5) is 4.39 Å². The van der Waals surface area contributed by atoms with Gasteiger partial charge >= 0.3 is 7.12 Å². The molecule has 0 bridgehead atoms. The molecule has 1 rings (SSSR count). The summed E-state index contributed by atoms with van der Waals surface area (Å²) < 4.78 is 12.6. The Morgan fingerprint density at radius 3 is 2.55 bits per heavy atom. The van der Waals surface area contributed by atoms with Gasteiger partial charge < -0.3 is 10.0 Å². The third-order valence-electron chi connectivity index (χ3n) is 1.15. The predicted octanol–water partition coefficient (Wildman–Crippen LogP) is -0.446. The van der Waals surface area contributed by atoms with Gasteiger partial charge in [0.2, 0.25) is 5.95 Å². The first-order chi connectivity index (χ1) is 5.13. The molecule has 1 heterocycles. The second-order valence-corrected chi connectivity index (χ2v) is 2.28. The smallest absolute Gasteiger partial charge is 0.423 e. The molecule has 11 heavy (non-hydrogen) atoms. The number of pyridine rings is 1. The molecule has 1 aromatic rings. The molecule has 58 valence electrons. The maximum Gasteiger partial charge on any atom is 0.494 e. The molecule has 0 fully saturated rings. The molecule has 0 aliphatic heterocycles. The van der Waals surface area contributed by atoms with Crippen molar-refractivity contribution >= 4 is 24.2 Å². The van der Waals surface area contributed by atoms with Crippen LogP contribution in [0.5, 0.6) is 0 Å². The topological polar surface area (TPSA) is 53.4 Å². The highest BCUT2D eigenvalue weighted by Crippen LogP contribution is 2.04. The normalized spacial score (nSPS) is 9.82. The lowest BCUT2D eigenvalue weighted by molar-refractivity contribution is 0.422. The molecule has 0 spiro atoms. The van der Waals surface area contributed by atoms with Crippen molar-refractivity contribution in [3.8, 4) is 0 Å². The van der Waals surface area contributed by atoms with E-state index in [2.05, 4.69) is 4.98 Å². The zero-order valence-electron chi connectivity index (χ0n) is 5.33. The summed E-state index contributed by atoms with van der Waals surface area (Å²) >= 11 is 5.42. The van der Waals surface area contributed by atoms with E-state index in [1.807, 2.05) is 0 Å². The van der Waals surface area contributed by atoms with E-state index in [9.17, 15) is 4.39 Å². The zero-order chi connectivity index (χ0) is 8.43. The number of hydrogen-bond acceptors (Lipinski definition) is 3. The van der Waals surface area contributed by atoms with Gasteiger partial charge in [-0.15, -0.1) is 0 Å². The lowest BCUT2D eigenvalue weighted by atomic mass is 9.81. The highest BCUT2D eigenvalue weighted by atomic mass is 35.5. The van der Waals surface area contributed by atoms with E-state index in [0.29, 0.717) is 0 Å². The van der Waals surface area contributed by atoms with Crippen LogP contribution >= 0.6 is 11.6 Å². The SMILES string of the molecule is OB(O)c1c(Cl)ccnc1F. The molecule has 6 heteroatoms. The highest BCUT2D eigenvalue weighted by Gasteiger charge is 2.20. The Hall–Kier alpha value is -0.645. The van der Waals surface area contributed by atoms with Crippen molar-refractivity contribution in [1.29, 1.82) is 0 Å². The van der Waals surface area contributed by atoms with Crippen molar-refractivity contribution in [2.24, 2.45) is 0 Å². The second-order valence-electron chi connectivity index (χ2n) is 1.87. The Morgan fingerprint density at radius 1 is 1.55 bits per heavy atom. The molecule has 1 aromatic heterocycles. The zero-order valence-corrected chi connectivity index (χ0v) is 6.09. The molecule has 0 saturated heterocycles. The standard InChI is InChI=1S/C5H4BClFNO2/c7-3-1-2-9-5(8)4(3)6(10)11/h1-2,10-11H. The Bertz CT molecular complexity index is 250. The van der Waals surface area contributed by atoms with Crippen LogP contribution in [0.15, 0.2) is 12.3 Å². The molecule has 2 N–H and O–H groups in total. The molecule has 0 saturated carbocycles. The van der Waals surface area contributed by atoms with Crippen molar-refractivity contribution in [1.82, 2.24) is 4.98 Å². The fourth-order valence-corrected chi connectivity index (χ4v) is 0.888. The molecule has 3 nitrogen and oxygen atoms in total. The molecule has 0 aromatic carbocycles. The molecular weight excluding hydrogens is 171 g/mol. The maximum atomic E-state index is 12.6. The Labute approximate surface area is 67.6 Å². The van der Waals surface area contributed by atoms with Crippen LogP contribution in [0.25, 0.3) is 0 Å². The Morgan fingerprint density at radius 2 is 2.18 bits per heavy atom. The molecule has 0 radical (unpaired) electrons. The van der Waals surface area contributed by atoms with Crippen LogP contribution in [-0.2, 0) is 0 Å². The maximum absolute atomic E-state index is 12.6. The van der Waals surface area contributed by atoms with Crippen LogP contribution in [0, 0.1) is 5.95 Å². The van der Waals surface area contributed by atoms with Gasteiger partial charge in [0.05, 0.1) is 5.46 Å². The minimum Gasteiger partial charge on any atom is -0.423 e. The van der Waals surface area contributed by atoms with Crippen LogP contribution in [-0.4, -0.2) is 22.2 Å². The summed E-state index contributed by atoms with van der Waals surface area (Å²) in [7, 11) is -1.92. The van der Waals surface area contributed by atoms with Crippen molar-refractivity contribution in [3.05, 3.63) is 23.2 Å². The van der Waals surface area contributed by atoms with Crippen LogP contribution in [0.2, 0.25) is 5.02 Å². The summed E-state index contributed by atoms with van der Waals surface area (Å²) in [6.07, 6.45) is 1.14. The summed E-state index contributed by atoms with van der Waals surface area (Å²) in [4.78, 5) is 3.19. The fourth-order valence-electron chi connectivity index (χ4n) is 0.656. The van der Waals surface area contributed by atoms with Gasteiger partial charge in [-0.3, -0.25) is 0 Å². The van der Waals surface area contributed by atoms with Crippen molar-refractivity contribution < 1.29 is 14.4 Å². The van der Waals surface area contributed by atoms with Gasteiger partial charge in [0.25, 0.3) is 0 Å². The largest absolute Gasteiger partial charge is 0.494 e. The minimum atomic E-state index is -1.92. The van der Waals surface area contributed by atoms with E-state index in [4.69, 9.17) is 21.6 Å². The van der Waals surface area contributed by atoms with E-state index < -0.39 is 18.5 Å². The van der Waals surface area contributed by atoms with Crippen LogP contribution in [0.3, 0.4) is 0 Å². The predicted molar refractivity (Wildman–Crippen MR) is 39.0 cm³/mol. The Kier molecular flexibility index (Phi) is 2.43. The van der Waals surface area contributed by atoms with Gasteiger partial charge in [0.15, 0.2) is 0 Å². The molecule has 0 aliphatic carbocycles. The number of aromatic nitrogens is 1. The lowest BCUT2D eigenvalue weighted by Crippen LogP contribution is -2.34. The monoisotopic (exact) mass is 175 g/mol. The van der Waals surface area contributed by atoms with Gasteiger partial charge in [-0.1, -0.05) is 11.6 Å². The van der Waals surface area contributed by atoms with Crippen molar-refractivity contribution in [2.45, 2.75) is 0 Å². The first kappa shape index (κ1) is 8.45. The number of halogens is 2. The van der Waals surface area contributed by atoms with Gasteiger partial charge in [-0.05, 0) is 6.07 Å². The van der Waals surface area contributed by atoms with Crippen molar-refractivity contribution in [2.75, 3.05) is 0 Å². The van der Waals surface area contributed by atoms with Gasteiger partial charge in [-0.25, -0.2) is 4.98 Å². The van der Waals surface area contributed by atoms with Gasteiger partial charge in [0.1, 0.15) is 0 Å². The van der Waals surface area contributed by atoms with E-state index in [-0.39, 0.29) is 5.02 Å². The minimum absolute atomic E-state index is 0.0486. The molecule has 0 aliphatic rings. The van der Waals surface area contributed by atoms with Gasteiger partial charge in [0, 0.05) is 11.2 Å². The number of rotatable bonds is 1. The Balaban J connectivity index is 3.21. The summed E-state index contributed by atoms with van der Waals surface area (Å²) in [6, 6.07) is 1.28. The summed E-state index contributed by atoms with van der Waals surface area (Å²) in [5.41, 5.74) is -0.394. The molecule has 0 unspecified atom stereocenters. The third kappa shape index (κ3) is 1.68. The average molecular weight is 175 g/mol. The number of nitrogens with zero attached hydrogens (tertiary/aromatic N) is 1. The average Bonchev–Trinajstić information content (AvgIpc) is 1.85. The van der Waals surface area contributed by atoms with E-state index in [0.717, 1.165) is 6.20 Å². The van der Waals surface area contributed by atoms with Crippen LogP contribution < -0.4 is 5.46 Å². The van der Waals surface area contributed by atoms with E-state index in [1.54, 1.807) is 0 Å².